The van der Waals surface area contributed by atoms with Crippen LogP contribution in [0.25, 0.3) is 17.1 Å². The molecular formula is C20H15F3N4O4. The Morgan fingerprint density at radius 2 is 1.87 bits per heavy atom. The second-order valence-corrected chi connectivity index (χ2v) is 6.33. The summed E-state index contributed by atoms with van der Waals surface area (Å²) in [5, 5.41) is 6.38. The minimum Gasteiger partial charge on any atom is -0.493 e. The van der Waals surface area contributed by atoms with Crippen LogP contribution in [0.1, 0.15) is 16.2 Å². The minimum absolute atomic E-state index is 0.0310. The topological polar surface area (TPSA) is 90.9 Å². The summed E-state index contributed by atoms with van der Waals surface area (Å²) in [6, 6.07) is 9.65. The monoisotopic (exact) mass is 432 g/mol. The number of alkyl halides is 3. The summed E-state index contributed by atoms with van der Waals surface area (Å²) >= 11 is 0. The van der Waals surface area contributed by atoms with Crippen molar-refractivity contribution in [3.8, 4) is 23.0 Å². The average Bonchev–Trinajstić information content (AvgIpc) is 3.41. The van der Waals surface area contributed by atoms with Crippen molar-refractivity contribution in [1.82, 2.24) is 14.6 Å². The van der Waals surface area contributed by atoms with Gasteiger partial charge in [-0.3, -0.25) is 4.79 Å². The molecule has 0 aliphatic carbocycles. The van der Waals surface area contributed by atoms with Gasteiger partial charge in [-0.25, -0.2) is 9.50 Å². The summed E-state index contributed by atoms with van der Waals surface area (Å²) in [5.74, 6) is 0.271. The van der Waals surface area contributed by atoms with Crippen molar-refractivity contribution in [2.24, 2.45) is 0 Å². The van der Waals surface area contributed by atoms with Crippen molar-refractivity contribution in [1.29, 1.82) is 0 Å². The number of halogens is 3. The molecule has 0 spiro atoms. The number of fused-ring (bicyclic) bond motifs is 1. The number of hydrogen-bond donors (Lipinski definition) is 1. The van der Waals surface area contributed by atoms with E-state index in [1.165, 1.54) is 38.7 Å². The van der Waals surface area contributed by atoms with E-state index in [2.05, 4.69) is 15.4 Å². The van der Waals surface area contributed by atoms with Crippen LogP contribution in [-0.2, 0) is 6.18 Å². The van der Waals surface area contributed by atoms with Gasteiger partial charge in [0.1, 0.15) is 5.69 Å². The Hall–Kier alpha value is -4.02. The first-order chi connectivity index (χ1) is 14.8. The zero-order chi connectivity index (χ0) is 22.2. The molecule has 1 amide bonds. The van der Waals surface area contributed by atoms with Crippen LogP contribution in [0.2, 0.25) is 0 Å². The van der Waals surface area contributed by atoms with Gasteiger partial charge in [0.05, 0.1) is 20.5 Å². The zero-order valence-corrected chi connectivity index (χ0v) is 16.2. The van der Waals surface area contributed by atoms with Crippen molar-refractivity contribution in [2.75, 3.05) is 19.5 Å². The number of amides is 1. The van der Waals surface area contributed by atoms with Gasteiger partial charge in [0.15, 0.2) is 34.3 Å². The molecular weight excluding hydrogens is 417 g/mol. The van der Waals surface area contributed by atoms with E-state index in [0.29, 0.717) is 21.7 Å². The van der Waals surface area contributed by atoms with Crippen molar-refractivity contribution in [3.05, 3.63) is 60.1 Å². The van der Waals surface area contributed by atoms with Crippen molar-refractivity contribution < 1.29 is 31.9 Å². The van der Waals surface area contributed by atoms with Gasteiger partial charge in [-0.15, -0.1) is 0 Å². The number of ether oxygens (including phenoxy) is 2. The van der Waals surface area contributed by atoms with Gasteiger partial charge in [0.2, 0.25) is 0 Å². The smallest absolute Gasteiger partial charge is 0.433 e. The molecule has 0 saturated carbocycles. The van der Waals surface area contributed by atoms with Crippen LogP contribution in [0.15, 0.2) is 53.1 Å². The molecule has 0 radical (unpaired) electrons. The fourth-order valence-corrected chi connectivity index (χ4v) is 2.95. The van der Waals surface area contributed by atoms with Crippen molar-refractivity contribution in [3.63, 3.8) is 0 Å². The molecule has 31 heavy (non-hydrogen) atoms. The van der Waals surface area contributed by atoms with Crippen LogP contribution >= 0.6 is 0 Å². The quantitative estimate of drug-likeness (QED) is 0.506. The first-order valence-electron chi connectivity index (χ1n) is 8.85. The largest absolute Gasteiger partial charge is 0.493 e. The van der Waals surface area contributed by atoms with Crippen LogP contribution < -0.4 is 14.8 Å². The number of aromatic nitrogens is 3. The molecule has 0 fully saturated rings. The Bertz CT molecular complexity index is 1250. The molecule has 1 N–H and O–H groups in total. The molecule has 4 rings (SSSR count). The Morgan fingerprint density at radius 3 is 2.52 bits per heavy atom. The van der Waals surface area contributed by atoms with Crippen molar-refractivity contribution >= 4 is 17.2 Å². The van der Waals surface area contributed by atoms with E-state index in [9.17, 15) is 18.0 Å². The highest BCUT2D eigenvalue weighted by Gasteiger charge is 2.36. The summed E-state index contributed by atoms with van der Waals surface area (Å²) in [5.41, 5.74) is -1.17. The molecule has 0 atom stereocenters. The molecule has 1 aromatic carbocycles. The third kappa shape index (κ3) is 3.89. The summed E-state index contributed by atoms with van der Waals surface area (Å²) < 4.78 is 56.9. The molecule has 8 nitrogen and oxygen atoms in total. The van der Waals surface area contributed by atoms with Crippen LogP contribution in [-0.4, -0.2) is 34.7 Å². The fourth-order valence-electron chi connectivity index (χ4n) is 2.95. The highest BCUT2D eigenvalue weighted by molar-refractivity contribution is 6.03. The van der Waals surface area contributed by atoms with Crippen LogP contribution in [0, 0.1) is 0 Å². The number of furan rings is 1. The number of nitrogens with zero attached hydrogens (tertiary/aromatic N) is 3. The van der Waals surface area contributed by atoms with Crippen molar-refractivity contribution in [2.45, 2.75) is 6.18 Å². The van der Waals surface area contributed by atoms with E-state index in [1.807, 2.05) is 0 Å². The number of carbonyl (C=O) groups is 1. The summed E-state index contributed by atoms with van der Waals surface area (Å²) in [6.45, 7) is 0. The zero-order valence-electron chi connectivity index (χ0n) is 16.2. The van der Waals surface area contributed by atoms with E-state index in [0.717, 1.165) is 12.1 Å². The van der Waals surface area contributed by atoms with Gasteiger partial charge in [-0.1, -0.05) is 0 Å². The molecule has 0 aliphatic rings. The predicted octanol–water partition coefficient (Wildman–Crippen LogP) is 4.28. The Kier molecular flexibility index (Phi) is 5.01. The lowest BCUT2D eigenvalue weighted by atomic mass is 10.2. The lowest BCUT2D eigenvalue weighted by Gasteiger charge is -2.10. The lowest BCUT2D eigenvalue weighted by molar-refractivity contribution is -0.142. The molecule has 160 valence electrons. The number of nitrogens with one attached hydrogen (secondary N) is 1. The maximum atomic E-state index is 13.6. The van der Waals surface area contributed by atoms with Crippen LogP contribution in [0.5, 0.6) is 11.5 Å². The number of anilines is 1. The predicted molar refractivity (Wildman–Crippen MR) is 103 cm³/mol. The van der Waals surface area contributed by atoms with Crippen LogP contribution in [0.4, 0.5) is 18.9 Å². The molecule has 0 unspecified atom stereocenters. The Balaban J connectivity index is 1.72. The van der Waals surface area contributed by atoms with Gasteiger partial charge in [0.25, 0.3) is 5.91 Å². The number of methoxy groups -OCH3 is 2. The standard InChI is InChI=1S/C20H15F3N4O4/c1-29-15-6-5-11(8-16(15)30-2)24-19(28)13-10-18-25-12(14-4-3-7-31-14)9-17(20(21,22)23)27(18)26-13/h3-10H,1-2H3,(H,24,28). The number of carbonyl (C=O) groups excluding carboxylic acids is 1. The fraction of sp³-hybridized carbons (Fsp3) is 0.150. The highest BCUT2D eigenvalue weighted by atomic mass is 19.4. The van der Waals surface area contributed by atoms with E-state index in [1.54, 1.807) is 12.1 Å². The molecule has 0 aliphatic heterocycles. The second-order valence-electron chi connectivity index (χ2n) is 6.33. The van der Waals surface area contributed by atoms with E-state index >= 15 is 0 Å². The molecule has 0 saturated heterocycles. The molecule has 11 heteroatoms. The van der Waals surface area contributed by atoms with Gasteiger partial charge < -0.3 is 19.2 Å². The third-order valence-electron chi connectivity index (χ3n) is 4.37. The SMILES string of the molecule is COc1ccc(NC(=O)c2cc3nc(-c4ccco4)cc(C(F)(F)F)n3n2)cc1OC. The van der Waals surface area contributed by atoms with Gasteiger partial charge >= 0.3 is 6.18 Å². The van der Waals surface area contributed by atoms with E-state index < -0.39 is 17.8 Å². The first kappa shape index (κ1) is 20.3. The highest BCUT2D eigenvalue weighted by Crippen LogP contribution is 2.33. The molecule has 0 bridgehead atoms. The molecule has 3 heterocycles. The van der Waals surface area contributed by atoms with Crippen LogP contribution in [0.3, 0.4) is 0 Å². The van der Waals surface area contributed by atoms with Gasteiger partial charge in [-0.05, 0) is 30.3 Å². The van der Waals surface area contributed by atoms with Gasteiger partial charge in [0, 0.05) is 17.8 Å². The Labute approximate surface area is 173 Å². The first-order valence-corrected chi connectivity index (χ1v) is 8.85. The maximum Gasteiger partial charge on any atom is 0.433 e. The minimum atomic E-state index is -4.73. The normalized spacial score (nSPS) is 11.5. The second kappa shape index (κ2) is 7.67. The third-order valence-corrected chi connectivity index (χ3v) is 4.37. The average molecular weight is 432 g/mol. The Morgan fingerprint density at radius 1 is 1.10 bits per heavy atom. The molecule has 3 aromatic heterocycles. The number of benzene rings is 1. The maximum absolute atomic E-state index is 13.6. The number of rotatable bonds is 5. The summed E-state index contributed by atoms with van der Waals surface area (Å²) in [6.07, 6.45) is -3.40. The number of hydrogen-bond acceptors (Lipinski definition) is 6. The van der Waals surface area contributed by atoms with Gasteiger partial charge in [-0.2, -0.15) is 18.3 Å². The van der Waals surface area contributed by atoms with E-state index in [-0.39, 0.29) is 22.8 Å². The lowest BCUT2D eigenvalue weighted by Crippen LogP contribution is -2.15. The van der Waals surface area contributed by atoms with E-state index in [4.69, 9.17) is 13.9 Å². The summed E-state index contributed by atoms with van der Waals surface area (Å²) in [7, 11) is 2.90. The molecule has 4 aromatic rings. The summed E-state index contributed by atoms with van der Waals surface area (Å²) in [4.78, 5) is 16.8.